The molecule has 152 valence electrons. The Labute approximate surface area is 164 Å². The van der Waals surface area contributed by atoms with Crippen molar-refractivity contribution in [2.75, 3.05) is 33.7 Å². The van der Waals surface area contributed by atoms with E-state index >= 15 is 0 Å². The molecule has 0 aromatic heterocycles. The highest BCUT2D eigenvalue weighted by Gasteiger charge is 2.43. The highest BCUT2D eigenvalue weighted by atomic mass is 16.2. The van der Waals surface area contributed by atoms with Crippen LogP contribution >= 0.6 is 0 Å². The number of carbonyl (C=O) groups excluding carboxylic acids is 2. The van der Waals surface area contributed by atoms with Crippen LogP contribution in [0.2, 0.25) is 0 Å². The predicted octanol–water partition coefficient (Wildman–Crippen LogP) is 3.19. The summed E-state index contributed by atoms with van der Waals surface area (Å²) in [6, 6.07) is 2.17. The first-order valence-corrected chi connectivity index (χ1v) is 10.4. The monoisotopic (exact) mass is 376 g/mol. The van der Waals surface area contributed by atoms with E-state index in [1.165, 1.54) is 12.8 Å². The van der Waals surface area contributed by atoms with Gasteiger partial charge < -0.3 is 14.7 Å². The molecule has 6 heteroatoms. The fourth-order valence-electron chi connectivity index (χ4n) is 4.73. The first kappa shape index (κ1) is 21.5. The van der Waals surface area contributed by atoms with Crippen molar-refractivity contribution in [1.82, 2.24) is 14.7 Å². The van der Waals surface area contributed by atoms with E-state index in [0.29, 0.717) is 6.42 Å². The lowest BCUT2D eigenvalue weighted by atomic mass is 9.93. The van der Waals surface area contributed by atoms with E-state index in [0.717, 1.165) is 56.1 Å². The molecule has 3 aliphatic rings. The summed E-state index contributed by atoms with van der Waals surface area (Å²) in [5, 5.41) is 8.64. The third kappa shape index (κ3) is 5.15. The molecule has 2 heterocycles. The number of fused-ring (bicyclic) bond motifs is 1. The quantitative estimate of drug-likeness (QED) is 0.743. The standard InChI is InChI=1S/C13H24N2O.C8H12N2O/c1-9(2)10-5-11-7-15(8-12(11)6-10)13(16)14(3)4;1-2-8(11)10-5-3-4-7(10)6-9/h9-12H,5-8H2,1-4H3;7H,2-5H2,1H3/t10?,11-,12+;. The van der Waals surface area contributed by atoms with Crippen molar-refractivity contribution in [3.05, 3.63) is 0 Å². The van der Waals surface area contributed by atoms with Crippen LogP contribution in [-0.2, 0) is 4.79 Å². The number of amides is 3. The second-order valence-electron chi connectivity index (χ2n) is 8.81. The van der Waals surface area contributed by atoms with Gasteiger partial charge in [-0.15, -0.1) is 0 Å². The minimum atomic E-state index is -0.151. The number of nitriles is 1. The Bertz CT molecular complexity index is 555. The van der Waals surface area contributed by atoms with Crippen LogP contribution in [0.15, 0.2) is 0 Å². The summed E-state index contributed by atoms with van der Waals surface area (Å²) in [7, 11) is 3.68. The minimum Gasteiger partial charge on any atom is -0.331 e. The summed E-state index contributed by atoms with van der Waals surface area (Å²) < 4.78 is 0. The van der Waals surface area contributed by atoms with Crippen LogP contribution < -0.4 is 0 Å². The Hall–Kier alpha value is -1.77. The fourth-order valence-corrected chi connectivity index (χ4v) is 4.73. The molecule has 1 saturated carbocycles. The molecule has 2 unspecified atom stereocenters. The Morgan fingerprint density at radius 3 is 2.22 bits per heavy atom. The lowest BCUT2D eigenvalue weighted by Crippen LogP contribution is -2.38. The average Bonchev–Trinajstić information content (AvgIpc) is 3.34. The van der Waals surface area contributed by atoms with Crippen molar-refractivity contribution in [1.29, 1.82) is 5.26 Å². The van der Waals surface area contributed by atoms with E-state index in [1.54, 1.807) is 9.80 Å². The molecule has 2 aliphatic heterocycles. The Morgan fingerprint density at radius 2 is 1.78 bits per heavy atom. The Balaban J connectivity index is 0.000000208. The van der Waals surface area contributed by atoms with Crippen LogP contribution in [0.25, 0.3) is 0 Å². The van der Waals surface area contributed by atoms with E-state index in [9.17, 15) is 9.59 Å². The predicted molar refractivity (Wildman–Crippen MR) is 106 cm³/mol. The summed E-state index contributed by atoms with van der Waals surface area (Å²) in [4.78, 5) is 28.4. The number of carbonyl (C=O) groups is 2. The van der Waals surface area contributed by atoms with Gasteiger partial charge in [-0.3, -0.25) is 4.79 Å². The number of hydrogen-bond donors (Lipinski definition) is 0. The first-order valence-electron chi connectivity index (χ1n) is 10.4. The SMILES string of the molecule is CC(C)C1C[C@@H]2CN(C(=O)N(C)C)C[C@@H]2C1.CCC(=O)N1CCCC1C#N. The van der Waals surface area contributed by atoms with E-state index in [2.05, 4.69) is 19.9 Å². The zero-order valence-corrected chi connectivity index (χ0v) is 17.6. The molecule has 2 saturated heterocycles. The van der Waals surface area contributed by atoms with Crippen LogP contribution in [0.1, 0.15) is 52.9 Å². The van der Waals surface area contributed by atoms with Crippen molar-refractivity contribution in [2.24, 2.45) is 23.7 Å². The Morgan fingerprint density at radius 1 is 1.19 bits per heavy atom. The summed E-state index contributed by atoms with van der Waals surface area (Å²) in [6.07, 6.45) is 5.00. The zero-order valence-electron chi connectivity index (χ0n) is 17.6. The van der Waals surface area contributed by atoms with E-state index < -0.39 is 0 Å². The molecule has 1 aliphatic carbocycles. The van der Waals surface area contributed by atoms with Gasteiger partial charge in [0.25, 0.3) is 0 Å². The molecule has 0 radical (unpaired) electrons. The van der Waals surface area contributed by atoms with Crippen molar-refractivity contribution >= 4 is 11.9 Å². The van der Waals surface area contributed by atoms with Gasteiger partial charge in [0.1, 0.15) is 6.04 Å². The molecule has 3 fully saturated rings. The normalized spacial score (nSPS) is 29.2. The number of likely N-dealkylation sites (tertiary alicyclic amines) is 2. The van der Waals surface area contributed by atoms with Gasteiger partial charge in [0.05, 0.1) is 6.07 Å². The summed E-state index contributed by atoms with van der Waals surface area (Å²) >= 11 is 0. The summed E-state index contributed by atoms with van der Waals surface area (Å²) in [5.74, 6) is 3.36. The maximum atomic E-state index is 11.8. The fraction of sp³-hybridized carbons (Fsp3) is 0.857. The molecule has 6 nitrogen and oxygen atoms in total. The van der Waals surface area contributed by atoms with Crippen LogP contribution in [0.5, 0.6) is 0 Å². The average molecular weight is 377 g/mol. The zero-order chi connectivity index (χ0) is 20.1. The topological polar surface area (TPSA) is 67.7 Å². The first-order chi connectivity index (χ1) is 12.8. The van der Waals surface area contributed by atoms with Gasteiger partial charge in [-0.05, 0) is 49.4 Å². The third-order valence-corrected chi connectivity index (χ3v) is 6.41. The Kier molecular flexibility index (Phi) is 7.52. The molecule has 3 amide bonds. The molecule has 0 aromatic carbocycles. The van der Waals surface area contributed by atoms with Gasteiger partial charge in [0, 0.05) is 40.2 Å². The second-order valence-corrected chi connectivity index (χ2v) is 8.81. The highest BCUT2D eigenvalue weighted by Crippen LogP contribution is 2.44. The van der Waals surface area contributed by atoms with Crippen molar-refractivity contribution in [3.63, 3.8) is 0 Å². The number of nitrogens with zero attached hydrogens (tertiary/aromatic N) is 4. The van der Waals surface area contributed by atoms with Gasteiger partial charge in [0.2, 0.25) is 5.91 Å². The van der Waals surface area contributed by atoms with Gasteiger partial charge in [-0.2, -0.15) is 5.26 Å². The summed E-state index contributed by atoms with van der Waals surface area (Å²) in [5.41, 5.74) is 0. The van der Waals surface area contributed by atoms with Gasteiger partial charge in [-0.1, -0.05) is 20.8 Å². The maximum absolute atomic E-state index is 11.8. The van der Waals surface area contributed by atoms with Gasteiger partial charge in [0.15, 0.2) is 0 Å². The van der Waals surface area contributed by atoms with Gasteiger partial charge in [-0.25, -0.2) is 4.79 Å². The second kappa shape index (κ2) is 9.43. The van der Waals surface area contributed by atoms with Crippen molar-refractivity contribution in [2.45, 2.75) is 58.9 Å². The van der Waals surface area contributed by atoms with Crippen LogP contribution in [0.4, 0.5) is 4.79 Å². The number of rotatable bonds is 2. The molecule has 0 spiro atoms. The molecule has 0 N–H and O–H groups in total. The van der Waals surface area contributed by atoms with Crippen molar-refractivity contribution in [3.8, 4) is 6.07 Å². The number of urea groups is 1. The lowest BCUT2D eigenvalue weighted by Gasteiger charge is -2.23. The van der Waals surface area contributed by atoms with Crippen LogP contribution in [-0.4, -0.2) is 66.4 Å². The largest absolute Gasteiger partial charge is 0.331 e. The molecule has 0 aromatic rings. The number of hydrogen-bond acceptors (Lipinski definition) is 3. The molecular formula is C21H36N4O2. The van der Waals surface area contributed by atoms with Gasteiger partial charge >= 0.3 is 6.03 Å². The van der Waals surface area contributed by atoms with E-state index in [4.69, 9.17) is 5.26 Å². The third-order valence-electron chi connectivity index (χ3n) is 6.41. The molecule has 0 bridgehead atoms. The summed E-state index contributed by atoms with van der Waals surface area (Å²) in [6.45, 7) is 9.23. The van der Waals surface area contributed by atoms with E-state index in [-0.39, 0.29) is 18.0 Å². The van der Waals surface area contributed by atoms with Crippen LogP contribution in [0.3, 0.4) is 0 Å². The molecule has 3 rings (SSSR count). The van der Waals surface area contributed by atoms with Crippen molar-refractivity contribution < 1.29 is 9.59 Å². The van der Waals surface area contributed by atoms with Crippen LogP contribution in [0, 0.1) is 35.0 Å². The van der Waals surface area contributed by atoms with E-state index in [1.807, 2.05) is 25.9 Å². The molecule has 4 atom stereocenters. The lowest BCUT2D eigenvalue weighted by molar-refractivity contribution is -0.130. The maximum Gasteiger partial charge on any atom is 0.319 e. The highest BCUT2D eigenvalue weighted by molar-refractivity contribution is 5.76. The minimum absolute atomic E-state index is 0.106. The molecule has 27 heavy (non-hydrogen) atoms. The molecular weight excluding hydrogens is 340 g/mol. The smallest absolute Gasteiger partial charge is 0.319 e.